The van der Waals surface area contributed by atoms with Gasteiger partial charge in [-0.3, -0.25) is 9.78 Å². The average Bonchev–Trinajstić information content (AvgIpc) is 2.96. The molecule has 2 aromatic heterocycles. The van der Waals surface area contributed by atoms with E-state index >= 15 is 0 Å². The molecule has 0 aromatic carbocycles. The lowest BCUT2D eigenvalue weighted by atomic mass is 10.1. The van der Waals surface area contributed by atoms with E-state index in [0.29, 0.717) is 11.8 Å². The van der Waals surface area contributed by atoms with Crippen LogP contribution >= 0.6 is 0 Å². The summed E-state index contributed by atoms with van der Waals surface area (Å²) >= 11 is 0. The number of anilines is 2. The number of likely N-dealkylation sites (tertiary alicyclic amines) is 1. The molecule has 7 heteroatoms. The average molecular weight is 312 g/mol. The Morgan fingerprint density at radius 1 is 1.22 bits per heavy atom. The predicted octanol–water partition coefficient (Wildman–Crippen LogP) is 2.31. The van der Waals surface area contributed by atoms with E-state index in [2.05, 4.69) is 25.3 Å². The minimum atomic E-state index is 0.00177. The number of nitrogens with one attached hydrogen (secondary N) is 1. The number of nitrogens with zero attached hydrogens (tertiary/aromatic N) is 5. The van der Waals surface area contributed by atoms with Gasteiger partial charge in [0.2, 0.25) is 11.9 Å². The molecule has 7 nitrogen and oxygen atoms in total. The third kappa shape index (κ3) is 3.44. The van der Waals surface area contributed by atoms with Crippen LogP contribution in [0.1, 0.15) is 42.9 Å². The van der Waals surface area contributed by atoms with Gasteiger partial charge in [0.1, 0.15) is 0 Å². The quantitative estimate of drug-likeness (QED) is 0.936. The second kappa shape index (κ2) is 6.28. The van der Waals surface area contributed by atoms with Crippen LogP contribution in [0.4, 0.5) is 11.8 Å². The fourth-order valence-corrected chi connectivity index (χ4v) is 2.95. The largest absolute Gasteiger partial charge is 0.334 e. The highest BCUT2D eigenvalue weighted by atomic mass is 16.2. The Bertz CT molecular complexity index is 712. The molecule has 1 saturated heterocycles. The van der Waals surface area contributed by atoms with Gasteiger partial charge in [-0.1, -0.05) is 0 Å². The van der Waals surface area contributed by atoms with Crippen molar-refractivity contribution in [3.8, 4) is 0 Å². The van der Waals surface area contributed by atoms with Crippen molar-refractivity contribution >= 4 is 17.7 Å². The first-order chi connectivity index (χ1) is 11.0. The number of aryl methyl sites for hydroxylation is 2. The van der Waals surface area contributed by atoms with Crippen LogP contribution in [-0.4, -0.2) is 37.3 Å². The Labute approximate surface area is 135 Å². The topological polar surface area (TPSA) is 83.9 Å². The molecule has 23 heavy (non-hydrogen) atoms. The van der Waals surface area contributed by atoms with Crippen LogP contribution in [0.3, 0.4) is 0 Å². The maximum absolute atomic E-state index is 11.7. The molecule has 1 aliphatic heterocycles. The van der Waals surface area contributed by atoms with Gasteiger partial charge in [0.25, 0.3) is 0 Å². The Kier molecular flexibility index (Phi) is 4.18. The van der Waals surface area contributed by atoms with Crippen molar-refractivity contribution < 1.29 is 4.79 Å². The molecule has 2 aromatic rings. The lowest BCUT2D eigenvalue weighted by molar-refractivity contribution is -0.129. The molecule has 0 radical (unpaired) electrons. The normalized spacial score (nSPS) is 17.3. The van der Waals surface area contributed by atoms with Gasteiger partial charge in [0.05, 0.1) is 24.1 Å². The molecule has 0 aliphatic carbocycles. The zero-order chi connectivity index (χ0) is 16.4. The summed E-state index contributed by atoms with van der Waals surface area (Å²) in [5, 5.41) is 3.09. The molecule has 0 spiro atoms. The summed E-state index contributed by atoms with van der Waals surface area (Å²) in [5.74, 6) is 1.16. The molecule has 1 amide bonds. The smallest absolute Gasteiger partial charge is 0.228 e. The number of carbonyl (C=O) groups excluding carboxylic acids is 1. The zero-order valence-electron chi connectivity index (χ0n) is 13.6. The van der Waals surface area contributed by atoms with Crippen LogP contribution in [0.5, 0.6) is 0 Å². The van der Waals surface area contributed by atoms with Crippen LogP contribution in [-0.2, 0) is 4.79 Å². The summed E-state index contributed by atoms with van der Waals surface area (Å²) in [6.45, 7) is 6.22. The molecule has 0 bridgehead atoms. The van der Waals surface area contributed by atoms with E-state index < -0.39 is 0 Å². The Morgan fingerprint density at radius 3 is 2.65 bits per heavy atom. The predicted molar refractivity (Wildman–Crippen MR) is 86.2 cm³/mol. The minimum absolute atomic E-state index is 0.00177. The van der Waals surface area contributed by atoms with Crippen molar-refractivity contribution in [2.45, 2.75) is 39.7 Å². The number of hydrogen-bond donors (Lipinski definition) is 1. The van der Waals surface area contributed by atoms with Gasteiger partial charge in [0, 0.05) is 24.9 Å². The SMILES string of the molecule is CC(=O)N1CCC[C@@H]1c1cncc(Nc2nc(C)cc(C)n2)n1. The minimum Gasteiger partial charge on any atom is -0.334 e. The van der Waals surface area contributed by atoms with Gasteiger partial charge in [-0.05, 0) is 32.8 Å². The first-order valence-electron chi connectivity index (χ1n) is 7.71. The fraction of sp³-hybridized carbons (Fsp3) is 0.438. The summed E-state index contributed by atoms with van der Waals surface area (Å²) in [6, 6.07) is 1.92. The van der Waals surface area contributed by atoms with Crippen LogP contribution in [0.15, 0.2) is 18.5 Å². The Morgan fingerprint density at radius 2 is 1.96 bits per heavy atom. The van der Waals surface area contributed by atoms with Crippen molar-refractivity contribution in [3.05, 3.63) is 35.5 Å². The van der Waals surface area contributed by atoms with E-state index in [1.54, 1.807) is 19.3 Å². The summed E-state index contributed by atoms with van der Waals surface area (Å²) in [5.41, 5.74) is 2.58. The number of rotatable bonds is 3. The molecule has 1 aliphatic rings. The maximum atomic E-state index is 11.7. The van der Waals surface area contributed by atoms with Gasteiger partial charge in [-0.15, -0.1) is 0 Å². The van der Waals surface area contributed by atoms with Gasteiger partial charge < -0.3 is 10.2 Å². The second-order valence-corrected chi connectivity index (χ2v) is 5.80. The van der Waals surface area contributed by atoms with Gasteiger partial charge in [-0.25, -0.2) is 15.0 Å². The highest BCUT2D eigenvalue weighted by Gasteiger charge is 2.29. The van der Waals surface area contributed by atoms with Crippen molar-refractivity contribution in [1.29, 1.82) is 0 Å². The van der Waals surface area contributed by atoms with Crippen molar-refractivity contribution in [2.24, 2.45) is 0 Å². The second-order valence-electron chi connectivity index (χ2n) is 5.80. The lowest BCUT2D eigenvalue weighted by Crippen LogP contribution is -2.28. The number of aromatic nitrogens is 4. The lowest BCUT2D eigenvalue weighted by Gasteiger charge is -2.22. The molecule has 0 unspecified atom stereocenters. The first-order valence-corrected chi connectivity index (χ1v) is 7.71. The van der Waals surface area contributed by atoms with Crippen molar-refractivity contribution in [2.75, 3.05) is 11.9 Å². The first kappa shape index (κ1) is 15.3. The van der Waals surface area contributed by atoms with Crippen LogP contribution < -0.4 is 5.32 Å². The summed E-state index contributed by atoms with van der Waals surface area (Å²) in [6.07, 6.45) is 5.26. The zero-order valence-corrected chi connectivity index (χ0v) is 13.6. The highest BCUT2D eigenvalue weighted by molar-refractivity contribution is 5.74. The molecular weight excluding hydrogens is 292 g/mol. The van der Waals surface area contributed by atoms with Gasteiger partial charge in [-0.2, -0.15) is 0 Å². The van der Waals surface area contributed by atoms with Crippen LogP contribution in [0.25, 0.3) is 0 Å². The molecule has 1 fully saturated rings. The van der Waals surface area contributed by atoms with Crippen LogP contribution in [0.2, 0.25) is 0 Å². The molecular formula is C16H20N6O. The van der Waals surface area contributed by atoms with E-state index in [1.807, 2.05) is 24.8 Å². The third-order valence-corrected chi connectivity index (χ3v) is 3.87. The number of carbonyl (C=O) groups is 1. The summed E-state index contributed by atoms with van der Waals surface area (Å²) in [7, 11) is 0. The van der Waals surface area contributed by atoms with E-state index in [1.165, 1.54) is 0 Å². The van der Waals surface area contributed by atoms with Crippen LogP contribution in [0, 0.1) is 13.8 Å². The molecule has 0 saturated carbocycles. The molecule has 1 N–H and O–H groups in total. The van der Waals surface area contributed by atoms with E-state index in [4.69, 9.17) is 0 Å². The van der Waals surface area contributed by atoms with Crippen molar-refractivity contribution in [1.82, 2.24) is 24.8 Å². The third-order valence-electron chi connectivity index (χ3n) is 3.87. The maximum Gasteiger partial charge on any atom is 0.228 e. The van der Waals surface area contributed by atoms with E-state index in [0.717, 1.165) is 36.5 Å². The Balaban J connectivity index is 1.84. The molecule has 3 heterocycles. The van der Waals surface area contributed by atoms with Gasteiger partial charge in [0.15, 0.2) is 5.82 Å². The molecule has 120 valence electrons. The number of hydrogen-bond acceptors (Lipinski definition) is 6. The fourth-order valence-electron chi connectivity index (χ4n) is 2.95. The summed E-state index contributed by atoms with van der Waals surface area (Å²) < 4.78 is 0. The summed E-state index contributed by atoms with van der Waals surface area (Å²) in [4.78, 5) is 31.1. The number of amides is 1. The molecule has 3 rings (SSSR count). The van der Waals surface area contributed by atoms with Crippen molar-refractivity contribution in [3.63, 3.8) is 0 Å². The monoisotopic (exact) mass is 312 g/mol. The Hall–Kier alpha value is -2.57. The molecule has 1 atom stereocenters. The van der Waals surface area contributed by atoms with E-state index in [9.17, 15) is 4.79 Å². The van der Waals surface area contributed by atoms with Gasteiger partial charge >= 0.3 is 0 Å². The van der Waals surface area contributed by atoms with E-state index in [-0.39, 0.29) is 11.9 Å². The standard InChI is InChI=1S/C16H20N6O/c1-10-7-11(2)19-16(18-10)21-15-9-17-8-13(20-15)14-5-4-6-22(14)12(3)23/h7-9,14H,4-6H2,1-3H3,(H,18,19,20,21)/t14-/m1/s1. The highest BCUT2D eigenvalue weighted by Crippen LogP contribution is 2.30.